The van der Waals surface area contributed by atoms with Gasteiger partial charge in [0.25, 0.3) is 5.91 Å². The molecule has 4 aromatic carbocycles. The van der Waals surface area contributed by atoms with Gasteiger partial charge in [-0.25, -0.2) is 8.78 Å². The third-order valence-electron chi connectivity index (χ3n) is 8.98. The molecule has 42 heavy (non-hydrogen) atoms. The molecule has 0 saturated carbocycles. The van der Waals surface area contributed by atoms with Crippen LogP contribution in [-0.4, -0.2) is 55.5 Å². The molecule has 1 spiro atoms. The second kappa shape index (κ2) is 11.8. The molecule has 1 amide bonds. The molecule has 0 N–H and O–H groups in total. The first-order chi connectivity index (χ1) is 20.2. The van der Waals surface area contributed by atoms with E-state index in [2.05, 4.69) is 4.90 Å². The Labute approximate surface area is 254 Å². The number of carbonyl (C=O) groups excluding carboxylic acids is 1. The first kappa shape index (κ1) is 28.9. The number of nitrogens with zero attached hydrogens (tertiary/aromatic N) is 2. The molecule has 0 aromatic heterocycles. The summed E-state index contributed by atoms with van der Waals surface area (Å²) in [6.45, 7) is 3.64. The minimum atomic E-state index is -0.348. The summed E-state index contributed by atoms with van der Waals surface area (Å²) in [5.74, 6) is 0.0628. The van der Waals surface area contributed by atoms with Crippen molar-refractivity contribution in [1.29, 1.82) is 0 Å². The van der Waals surface area contributed by atoms with Crippen LogP contribution in [0.5, 0.6) is 5.75 Å². The summed E-state index contributed by atoms with van der Waals surface area (Å²) in [6, 6.07) is 20.4. The molecular weight excluding hydrogens is 577 g/mol. The Morgan fingerprint density at radius 1 is 0.976 bits per heavy atom. The van der Waals surface area contributed by atoms with E-state index in [0.717, 1.165) is 55.8 Å². The Kier molecular flexibility index (Phi) is 8.14. The Hall–Kier alpha value is -3.19. The highest BCUT2D eigenvalue weighted by molar-refractivity contribution is 6.42. The van der Waals surface area contributed by atoms with E-state index < -0.39 is 0 Å². The molecule has 1 saturated heterocycles. The van der Waals surface area contributed by atoms with Crippen LogP contribution in [-0.2, 0) is 5.41 Å². The Balaban J connectivity index is 1.17. The van der Waals surface area contributed by atoms with E-state index >= 15 is 0 Å². The SMILES string of the molecule is CN(C[C@@H](CCN1CCC2(CC1)COc1ccc(F)cc12)c1ccc(Cl)c(Cl)c1)C(=O)c1ccc(F)c2ccccc12. The van der Waals surface area contributed by atoms with Crippen molar-refractivity contribution in [1.82, 2.24) is 9.80 Å². The van der Waals surface area contributed by atoms with E-state index in [1.54, 1.807) is 54.4 Å². The van der Waals surface area contributed by atoms with Crippen LogP contribution >= 0.6 is 23.2 Å². The monoisotopic (exact) mass is 608 g/mol. The number of benzene rings is 4. The summed E-state index contributed by atoms with van der Waals surface area (Å²) >= 11 is 12.6. The Bertz CT molecular complexity index is 1640. The van der Waals surface area contributed by atoms with Crippen LogP contribution in [0.25, 0.3) is 10.8 Å². The van der Waals surface area contributed by atoms with Crippen molar-refractivity contribution in [3.8, 4) is 5.75 Å². The number of carbonyl (C=O) groups is 1. The van der Waals surface area contributed by atoms with Crippen molar-refractivity contribution in [2.45, 2.75) is 30.6 Å². The average Bonchev–Trinajstić information content (AvgIpc) is 3.34. The summed E-state index contributed by atoms with van der Waals surface area (Å²) in [7, 11) is 1.78. The number of fused-ring (bicyclic) bond motifs is 3. The molecule has 0 unspecified atom stereocenters. The number of rotatable bonds is 7. The molecule has 1 atom stereocenters. The average molecular weight is 610 g/mol. The normalized spacial score (nSPS) is 16.8. The molecule has 0 bridgehead atoms. The van der Waals surface area contributed by atoms with Gasteiger partial charge in [-0.05, 0) is 92.3 Å². The number of amides is 1. The molecule has 1 fully saturated rings. The molecule has 4 nitrogen and oxygen atoms in total. The number of ether oxygens (including phenoxy) is 1. The summed E-state index contributed by atoms with van der Waals surface area (Å²) in [4.78, 5) is 17.8. The number of hydrogen-bond donors (Lipinski definition) is 0. The van der Waals surface area contributed by atoms with Crippen molar-refractivity contribution in [3.05, 3.63) is 111 Å². The highest BCUT2D eigenvalue weighted by atomic mass is 35.5. The van der Waals surface area contributed by atoms with Gasteiger partial charge in [-0.3, -0.25) is 4.79 Å². The maximum Gasteiger partial charge on any atom is 0.254 e. The molecular formula is C34H32Cl2F2N2O2. The molecule has 6 rings (SSSR count). The topological polar surface area (TPSA) is 32.8 Å². The van der Waals surface area contributed by atoms with Gasteiger partial charge in [-0.15, -0.1) is 0 Å². The van der Waals surface area contributed by atoms with E-state index in [4.69, 9.17) is 27.9 Å². The lowest BCUT2D eigenvalue weighted by Gasteiger charge is -2.39. The standard InChI is InChI=1S/C34H32Cl2F2N2O2/c1-39(33(41)27-8-10-31(38)26-5-3-2-4-25(26)27)20-23(22-6-9-29(35)30(36)18-22)12-15-40-16-13-34(14-17-40)21-42-32-11-7-24(37)19-28(32)34/h2-11,18-19,23H,12-17,20-21H2,1H3/t23-/m1/s1. The van der Waals surface area contributed by atoms with Crippen molar-refractivity contribution in [2.75, 3.05) is 39.8 Å². The Morgan fingerprint density at radius 3 is 2.50 bits per heavy atom. The number of likely N-dealkylation sites (N-methyl/N-ethyl adjacent to an activating group) is 1. The zero-order valence-corrected chi connectivity index (χ0v) is 24.9. The van der Waals surface area contributed by atoms with Crippen LogP contribution in [0, 0.1) is 11.6 Å². The first-order valence-corrected chi connectivity index (χ1v) is 15.0. The van der Waals surface area contributed by atoms with E-state index in [-0.39, 0.29) is 28.9 Å². The molecule has 2 aliphatic rings. The van der Waals surface area contributed by atoms with Crippen LogP contribution in [0.3, 0.4) is 0 Å². The summed E-state index contributed by atoms with van der Waals surface area (Å²) in [5.41, 5.74) is 2.33. The van der Waals surface area contributed by atoms with Gasteiger partial charge in [0.2, 0.25) is 0 Å². The van der Waals surface area contributed by atoms with E-state index in [1.807, 2.05) is 18.2 Å². The fraction of sp³-hybridized carbons (Fsp3) is 0.324. The minimum Gasteiger partial charge on any atom is -0.492 e. The van der Waals surface area contributed by atoms with Gasteiger partial charge in [0.1, 0.15) is 17.4 Å². The molecule has 4 aromatic rings. The van der Waals surface area contributed by atoms with Crippen molar-refractivity contribution < 1.29 is 18.3 Å². The highest BCUT2D eigenvalue weighted by Gasteiger charge is 2.43. The van der Waals surface area contributed by atoms with Crippen LogP contribution in [0.15, 0.2) is 72.8 Å². The molecule has 0 radical (unpaired) electrons. The maximum atomic E-state index is 14.4. The van der Waals surface area contributed by atoms with Crippen LogP contribution in [0.2, 0.25) is 10.0 Å². The zero-order chi connectivity index (χ0) is 29.4. The lowest BCUT2D eigenvalue weighted by molar-refractivity contribution is 0.0781. The second-order valence-corrected chi connectivity index (χ2v) is 12.4. The highest BCUT2D eigenvalue weighted by Crippen LogP contribution is 2.45. The van der Waals surface area contributed by atoms with Gasteiger partial charge >= 0.3 is 0 Å². The van der Waals surface area contributed by atoms with Crippen LogP contribution in [0.4, 0.5) is 8.78 Å². The zero-order valence-electron chi connectivity index (χ0n) is 23.4. The van der Waals surface area contributed by atoms with Gasteiger partial charge in [-0.1, -0.05) is 53.5 Å². The molecule has 0 aliphatic carbocycles. The summed E-state index contributed by atoms with van der Waals surface area (Å²) in [6.07, 6.45) is 2.60. The number of piperidine rings is 1. The third-order valence-corrected chi connectivity index (χ3v) is 9.72. The second-order valence-electron chi connectivity index (χ2n) is 11.5. The predicted octanol–water partition coefficient (Wildman–Crippen LogP) is 8.10. The number of hydrogen-bond acceptors (Lipinski definition) is 3. The summed E-state index contributed by atoms with van der Waals surface area (Å²) in [5, 5.41) is 1.99. The fourth-order valence-electron chi connectivity index (χ4n) is 6.49. The third kappa shape index (κ3) is 5.60. The minimum absolute atomic E-state index is 0.000881. The van der Waals surface area contributed by atoms with Crippen molar-refractivity contribution in [2.24, 2.45) is 0 Å². The van der Waals surface area contributed by atoms with Gasteiger partial charge in [0.15, 0.2) is 0 Å². The number of halogens is 4. The largest absolute Gasteiger partial charge is 0.492 e. The van der Waals surface area contributed by atoms with Crippen LogP contribution in [0.1, 0.15) is 46.7 Å². The smallest absolute Gasteiger partial charge is 0.254 e. The van der Waals surface area contributed by atoms with Crippen LogP contribution < -0.4 is 4.74 Å². The molecule has 8 heteroatoms. The Morgan fingerprint density at radius 2 is 1.74 bits per heavy atom. The van der Waals surface area contributed by atoms with E-state index in [1.165, 1.54) is 12.1 Å². The van der Waals surface area contributed by atoms with Gasteiger partial charge in [0.05, 0.1) is 16.7 Å². The molecule has 2 aliphatic heterocycles. The maximum absolute atomic E-state index is 14.4. The van der Waals surface area contributed by atoms with Gasteiger partial charge in [-0.2, -0.15) is 0 Å². The van der Waals surface area contributed by atoms with Crippen molar-refractivity contribution >= 4 is 39.9 Å². The fourth-order valence-corrected chi connectivity index (χ4v) is 6.80. The lowest BCUT2D eigenvalue weighted by Crippen LogP contribution is -2.44. The van der Waals surface area contributed by atoms with E-state index in [9.17, 15) is 13.6 Å². The quantitative estimate of drug-likeness (QED) is 0.212. The van der Waals surface area contributed by atoms with Gasteiger partial charge < -0.3 is 14.5 Å². The molecule has 2 heterocycles. The summed E-state index contributed by atoms with van der Waals surface area (Å²) < 4.78 is 34.4. The first-order valence-electron chi connectivity index (χ1n) is 14.3. The van der Waals surface area contributed by atoms with Crippen molar-refractivity contribution in [3.63, 3.8) is 0 Å². The predicted molar refractivity (Wildman–Crippen MR) is 164 cm³/mol. The van der Waals surface area contributed by atoms with Gasteiger partial charge in [0, 0.05) is 41.4 Å². The lowest BCUT2D eigenvalue weighted by atomic mass is 9.74. The number of likely N-dealkylation sites (tertiary alicyclic amines) is 1. The molecule has 218 valence electrons. The van der Waals surface area contributed by atoms with E-state index in [0.29, 0.717) is 39.5 Å².